The molecule has 51 heavy (non-hydrogen) atoms. The smallest absolute Gasteiger partial charge is 0.206 e. The highest BCUT2D eigenvalue weighted by Crippen LogP contribution is 2.31. The van der Waals surface area contributed by atoms with E-state index >= 15 is 0 Å². The number of aryl methyl sites for hydroxylation is 6. The van der Waals surface area contributed by atoms with Gasteiger partial charge in [-0.15, -0.1) is 0 Å². The lowest BCUT2D eigenvalue weighted by Crippen LogP contribution is -2.18. The second-order valence-electron chi connectivity index (χ2n) is 13.6. The lowest BCUT2D eigenvalue weighted by molar-refractivity contribution is 0.596. The molecule has 0 unspecified atom stereocenters. The van der Waals surface area contributed by atoms with Crippen LogP contribution in [0.5, 0.6) is 0 Å². The molecule has 0 N–H and O–H groups in total. The highest BCUT2D eigenvalue weighted by Gasteiger charge is 2.22. The maximum absolute atomic E-state index is 12.3. The molecule has 0 fully saturated rings. The molecule has 0 heterocycles. The molecule has 0 bridgehead atoms. The van der Waals surface area contributed by atoms with Gasteiger partial charge < -0.3 is 0 Å². The maximum atomic E-state index is 12.3. The van der Waals surface area contributed by atoms with E-state index < -0.39 is 9.84 Å². The highest BCUT2D eigenvalue weighted by molar-refractivity contribution is 7.91. The summed E-state index contributed by atoms with van der Waals surface area (Å²) in [6, 6.07) is 49.0. The molecule has 0 radical (unpaired) electrons. The van der Waals surface area contributed by atoms with Crippen molar-refractivity contribution in [2.45, 2.75) is 91.9 Å². The van der Waals surface area contributed by atoms with Crippen LogP contribution in [0.25, 0.3) is 0 Å². The van der Waals surface area contributed by atoms with Crippen LogP contribution in [0.2, 0.25) is 0 Å². The molecular formula is C48H58O2S. The summed E-state index contributed by atoms with van der Waals surface area (Å²) in [5, 5.41) is 0. The van der Waals surface area contributed by atoms with Crippen LogP contribution in [-0.4, -0.2) is 8.42 Å². The van der Waals surface area contributed by atoms with Crippen molar-refractivity contribution in [1.29, 1.82) is 0 Å². The molecule has 0 amide bonds. The predicted octanol–water partition coefficient (Wildman–Crippen LogP) is 12.9. The first-order valence-corrected chi connectivity index (χ1v) is 18.4. The number of rotatable bonds is 6. The van der Waals surface area contributed by atoms with Crippen LogP contribution >= 0.6 is 0 Å². The van der Waals surface area contributed by atoms with Crippen molar-refractivity contribution in [2.75, 3.05) is 0 Å². The third-order valence-corrected chi connectivity index (χ3v) is 10.6. The normalized spacial score (nSPS) is 10.7. The summed E-state index contributed by atoms with van der Waals surface area (Å²) in [5.41, 5.74) is 12.9. The Morgan fingerprint density at radius 1 is 0.373 bits per heavy atom. The fourth-order valence-electron chi connectivity index (χ4n) is 5.33. The first kappa shape index (κ1) is 42.4. The van der Waals surface area contributed by atoms with E-state index in [4.69, 9.17) is 0 Å². The zero-order chi connectivity index (χ0) is 35.6. The molecule has 268 valence electrons. The summed E-state index contributed by atoms with van der Waals surface area (Å²) in [7, 11) is -3.37. The Morgan fingerprint density at radius 2 is 0.588 bits per heavy atom. The van der Waals surface area contributed by atoms with Gasteiger partial charge in [0.25, 0.3) is 0 Å². The lowest BCUT2D eigenvalue weighted by atomic mass is 9.78. The Bertz CT molecular complexity index is 1860. The van der Waals surface area contributed by atoms with Gasteiger partial charge in [-0.2, -0.15) is 0 Å². The van der Waals surface area contributed by atoms with Crippen molar-refractivity contribution < 1.29 is 8.42 Å². The summed E-state index contributed by atoms with van der Waals surface area (Å²) in [6.07, 6.45) is 1.03. The Kier molecular flexibility index (Phi) is 15.8. The van der Waals surface area contributed by atoms with E-state index in [0.29, 0.717) is 9.79 Å². The van der Waals surface area contributed by atoms with E-state index in [0.717, 1.165) is 17.5 Å². The average molecular weight is 699 g/mol. The van der Waals surface area contributed by atoms with Crippen LogP contribution in [0, 0.1) is 41.5 Å². The van der Waals surface area contributed by atoms with Gasteiger partial charge in [0.15, 0.2) is 0 Å². The summed E-state index contributed by atoms with van der Waals surface area (Å²) < 4.78 is 24.5. The third kappa shape index (κ3) is 12.2. The van der Waals surface area contributed by atoms with Gasteiger partial charge in [0, 0.05) is 5.41 Å². The molecule has 0 atom stereocenters. The molecule has 3 heteroatoms. The van der Waals surface area contributed by atoms with E-state index in [1.807, 2.05) is 13.8 Å². The molecule has 6 aromatic rings. The minimum absolute atomic E-state index is 0. The van der Waals surface area contributed by atoms with E-state index in [1.54, 1.807) is 48.5 Å². The van der Waals surface area contributed by atoms with Gasteiger partial charge in [-0.25, -0.2) is 8.42 Å². The fraction of sp³-hybridized carbons (Fsp3) is 0.250. The number of hydrogen-bond acceptors (Lipinski definition) is 2. The van der Waals surface area contributed by atoms with Crippen molar-refractivity contribution in [1.82, 2.24) is 0 Å². The quantitative estimate of drug-likeness (QED) is 0.173. The topological polar surface area (TPSA) is 34.1 Å². The average Bonchev–Trinajstić information content (AvgIpc) is 3.08. The SMILES string of the molecule is C.C.Cc1ccc(C(C)(C)c2ccc(C)cc2)cc1.Cc1ccc(Cc2ccc(C)cc2)cc1.Cc1ccc(S(=O)(=O)c2ccc(C)cc2)cc1. The molecule has 0 spiro atoms. The molecule has 0 aliphatic rings. The van der Waals surface area contributed by atoms with Crippen molar-refractivity contribution >= 4 is 9.84 Å². The van der Waals surface area contributed by atoms with E-state index in [-0.39, 0.29) is 20.3 Å². The summed E-state index contributed by atoms with van der Waals surface area (Å²) >= 11 is 0. The van der Waals surface area contributed by atoms with Crippen molar-refractivity contribution in [2.24, 2.45) is 0 Å². The van der Waals surface area contributed by atoms with Gasteiger partial charge in [-0.1, -0.05) is 183 Å². The van der Waals surface area contributed by atoms with Crippen molar-refractivity contribution in [3.05, 3.63) is 201 Å². The zero-order valence-electron chi connectivity index (χ0n) is 30.3. The minimum Gasteiger partial charge on any atom is -0.219 e. The molecule has 0 saturated carbocycles. The molecule has 0 aliphatic heterocycles. The number of benzene rings is 6. The first-order chi connectivity index (χ1) is 23.2. The van der Waals surface area contributed by atoms with Crippen molar-refractivity contribution in [3.8, 4) is 0 Å². The van der Waals surface area contributed by atoms with Gasteiger partial charge in [0.1, 0.15) is 0 Å². The third-order valence-electron chi connectivity index (χ3n) is 8.86. The van der Waals surface area contributed by atoms with Crippen LogP contribution in [0.15, 0.2) is 155 Å². The molecule has 0 saturated heterocycles. The second kappa shape index (κ2) is 19.0. The summed E-state index contributed by atoms with van der Waals surface area (Å²) in [5.74, 6) is 0. The van der Waals surface area contributed by atoms with Gasteiger partial charge in [0.05, 0.1) is 9.79 Å². The molecule has 2 nitrogen and oxygen atoms in total. The second-order valence-corrected chi connectivity index (χ2v) is 15.6. The van der Waals surface area contributed by atoms with Gasteiger partial charge in [0.2, 0.25) is 9.84 Å². The predicted molar refractivity (Wildman–Crippen MR) is 221 cm³/mol. The van der Waals surface area contributed by atoms with Crippen LogP contribution < -0.4 is 0 Å². The van der Waals surface area contributed by atoms with Gasteiger partial charge >= 0.3 is 0 Å². The minimum atomic E-state index is -3.37. The Balaban J connectivity index is 0.000000261. The maximum Gasteiger partial charge on any atom is 0.206 e. The fourth-order valence-corrected chi connectivity index (χ4v) is 6.59. The largest absolute Gasteiger partial charge is 0.219 e. The van der Waals surface area contributed by atoms with Gasteiger partial charge in [-0.3, -0.25) is 0 Å². The summed E-state index contributed by atoms with van der Waals surface area (Å²) in [4.78, 5) is 0.680. The van der Waals surface area contributed by atoms with Crippen LogP contribution in [0.3, 0.4) is 0 Å². The Labute approximate surface area is 310 Å². The molecule has 6 aromatic carbocycles. The lowest BCUT2D eigenvalue weighted by Gasteiger charge is -2.26. The number of hydrogen-bond donors (Lipinski definition) is 0. The first-order valence-electron chi connectivity index (χ1n) is 16.9. The highest BCUT2D eigenvalue weighted by atomic mass is 32.2. The van der Waals surface area contributed by atoms with Crippen LogP contribution in [-0.2, 0) is 21.7 Å². The van der Waals surface area contributed by atoms with E-state index in [9.17, 15) is 8.42 Å². The molecular weight excluding hydrogens is 641 g/mol. The van der Waals surface area contributed by atoms with E-state index in [2.05, 4.69) is 139 Å². The molecule has 0 aliphatic carbocycles. The standard InChI is InChI=1S/C17H20.C15H16.C14H14O2S.2CH4/c1-13-5-9-15(10-6-13)17(3,4)16-11-7-14(2)8-12-16;1-12-3-7-14(8-4-12)11-15-9-5-13(2)6-10-15;1-11-3-7-13(8-4-11)17(15,16)14-9-5-12(2)6-10-14;;/h5-12H,1-4H3;3-10H,11H2,1-2H3;3-10H,1-2H3;2*1H4. The van der Waals surface area contributed by atoms with Gasteiger partial charge in [-0.05, 0) is 94.5 Å². The van der Waals surface area contributed by atoms with Crippen molar-refractivity contribution in [3.63, 3.8) is 0 Å². The Morgan fingerprint density at radius 3 is 0.843 bits per heavy atom. The van der Waals surface area contributed by atoms with Crippen LogP contribution in [0.1, 0.15) is 84.3 Å². The molecule has 0 aromatic heterocycles. The summed E-state index contributed by atoms with van der Waals surface area (Å²) in [6.45, 7) is 16.9. The Hall–Kier alpha value is -4.73. The number of sulfone groups is 1. The van der Waals surface area contributed by atoms with Crippen LogP contribution in [0.4, 0.5) is 0 Å². The monoisotopic (exact) mass is 698 g/mol. The van der Waals surface area contributed by atoms with E-state index in [1.165, 1.54) is 44.5 Å². The zero-order valence-corrected chi connectivity index (χ0v) is 31.1. The molecule has 6 rings (SSSR count).